The first-order chi connectivity index (χ1) is 19.9. The molecule has 1 aromatic heterocycles. The highest BCUT2D eigenvalue weighted by Gasteiger charge is 2.49. The summed E-state index contributed by atoms with van der Waals surface area (Å²) in [7, 11) is 0. The lowest BCUT2D eigenvalue weighted by Gasteiger charge is -2.41. The number of hydrogen-bond donors (Lipinski definition) is 1. The van der Waals surface area contributed by atoms with Gasteiger partial charge in [-0.1, -0.05) is 0 Å². The summed E-state index contributed by atoms with van der Waals surface area (Å²) in [6.07, 6.45) is -5.57. The quantitative estimate of drug-likeness (QED) is 0.131. The molecule has 0 amide bonds. The highest BCUT2D eigenvalue weighted by Crippen LogP contribution is 2.45. The number of rotatable bonds is 8. The Hall–Kier alpha value is -5.45. The van der Waals surface area contributed by atoms with Gasteiger partial charge in [0.2, 0.25) is 5.88 Å². The molecule has 1 saturated heterocycles. The number of carbonyl (C=O) groups is 3. The zero-order valence-corrected chi connectivity index (χ0v) is 22.2. The van der Waals surface area contributed by atoms with Crippen molar-refractivity contribution in [3.05, 3.63) is 62.7 Å². The second-order valence-corrected chi connectivity index (χ2v) is 8.99. The third kappa shape index (κ3) is 6.15. The zero-order valence-electron chi connectivity index (χ0n) is 22.2. The Bertz CT molecular complexity index is 1600. The summed E-state index contributed by atoms with van der Waals surface area (Å²) in [5, 5.41) is 42.1. The van der Waals surface area contributed by atoms with E-state index in [4.69, 9.17) is 18.9 Å². The molecule has 4 atom stereocenters. The van der Waals surface area contributed by atoms with Gasteiger partial charge in [-0.15, -0.1) is 5.11 Å². The van der Waals surface area contributed by atoms with Crippen LogP contribution in [0.1, 0.15) is 27.0 Å². The minimum Gasteiger partial charge on any atom is -0.493 e. The lowest BCUT2D eigenvalue weighted by atomic mass is 10.0. The minimum absolute atomic E-state index is 0.00835. The fourth-order valence-electron chi connectivity index (χ4n) is 4.43. The standard InChI is InChI=1S/C25H23N5O12/c1-12(31)40-20-11-39-25(23(42-14(3)33)22(20)41-13(2)32)28-19-10-17(30(37)38)8-9-18(19)21(24(28)34)27-26-15-4-6-16(7-5-15)29(35)36/h4-10,20,22-23,25,34H,11H2,1-3H3. The number of fused-ring (bicyclic) bond motifs is 1. The van der Waals surface area contributed by atoms with E-state index in [0.717, 1.165) is 31.4 Å². The molecule has 1 fully saturated rings. The first-order valence-corrected chi connectivity index (χ1v) is 12.2. The van der Waals surface area contributed by atoms with Gasteiger partial charge in [-0.05, 0) is 18.2 Å². The van der Waals surface area contributed by atoms with Gasteiger partial charge in [0, 0.05) is 50.4 Å². The van der Waals surface area contributed by atoms with E-state index in [2.05, 4.69) is 10.2 Å². The molecule has 4 unspecified atom stereocenters. The van der Waals surface area contributed by atoms with Crippen LogP contribution in [0.5, 0.6) is 5.88 Å². The van der Waals surface area contributed by atoms with Crippen molar-refractivity contribution in [3.8, 4) is 5.88 Å². The van der Waals surface area contributed by atoms with E-state index in [9.17, 15) is 39.7 Å². The number of non-ortho nitro benzene ring substituents is 2. The lowest BCUT2D eigenvalue weighted by Crippen LogP contribution is -2.55. The van der Waals surface area contributed by atoms with E-state index in [-0.39, 0.29) is 40.3 Å². The highest BCUT2D eigenvalue weighted by molar-refractivity contribution is 5.96. The van der Waals surface area contributed by atoms with Crippen molar-refractivity contribution in [2.75, 3.05) is 6.61 Å². The number of nitrogens with zero attached hydrogens (tertiary/aromatic N) is 5. The van der Waals surface area contributed by atoms with Gasteiger partial charge in [0.15, 0.2) is 30.2 Å². The molecule has 2 aromatic carbocycles. The first kappa shape index (κ1) is 29.5. The van der Waals surface area contributed by atoms with E-state index in [1.807, 2.05) is 0 Å². The molecule has 3 aromatic rings. The van der Waals surface area contributed by atoms with Gasteiger partial charge in [-0.25, -0.2) is 0 Å². The Labute approximate surface area is 235 Å². The van der Waals surface area contributed by atoms with E-state index >= 15 is 0 Å². The Kier molecular flexibility index (Phi) is 8.41. The Morgan fingerprint density at radius 1 is 0.881 bits per heavy atom. The second-order valence-electron chi connectivity index (χ2n) is 8.99. The van der Waals surface area contributed by atoms with E-state index in [1.54, 1.807) is 0 Å². The number of benzene rings is 2. The zero-order chi connectivity index (χ0) is 30.7. The molecule has 0 aliphatic carbocycles. The molecule has 2 heterocycles. The molecule has 220 valence electrons. The van der Waals surface area contributed by atoms with Crippen LogP contribution in [0.15, 0.2) is 52.7 Å². The maximum Gasteiger partial charge on any atom is 0.303 e. The monoisotopic (exact) mass is 585 g/mol. The maximum absolute atomic E-state index is 12.1. The van der Waals surface area contributed by atoms with Crippen LogP contribution in [0, 0.1) is 20.2 Å². The number of nitro benzene ring substituents is 2. The number of ether oxygens (including phenoxy) is 4. The smallest absolute Gasteiger partial charge is 0.303 e. The van der Waals surface area contributed by atoms with Crippen molar-refractivity contribution in [2.24, 2.45) is 10.2 Å². The van der Waals surface area contributed by atoms with Crippen molar-refractivity contribution < 1.29 is 48.3 Å². The Balaban J connectivity index is 1.87. The van der Waals surface area contributed by atoms with Crippen molar-refractivity contribution in [2.45, 2.75) is 45.3 Å². The van der Waals surface area contributed by atoms with Crippen LogP contribution in [-0.2, 0) is 33.3 Å². The molecule has 1 aliphatic rings. The summed E-state index contributed by atoms with van der Waals surface area (Å²) in [5.41, 5.74) is -0.521. The number of aromatic hydroxyl groups is 1. The molecule has 1 aliphatic heterocycles. The fraction of sp³-hybridized carbons (Fsp3) is 0.320. The number of azo groups is 1. The summed E-state index contributed by atoms with van der Waals surface area (Å²) in [5.74, 6) is -3.00. The van der Waals surface area contributed by atoms with E-state index < -0.39 is 58.2 Å². The average Bonchev–Trinajstić information content (AvgIpc) is 3.19. The third-order valence-corrected chi connectivity index (χ3v) is 6.05. The summed E-state index contributed by atoms with van der Waals surface area (Å²) in [6.45, 7) is 2.89. The van der Waals surface area contributed by atoms with Crippen molar-refractivity contribution in [1.29, 1.82) is 0 Å². The van der Waals surface area contributed by atoms with Crippen LogP contribution in [0.3, 0.4) is 0 Å². The molecule has 0 saturated carbocycles. The largest absolute Gasteiger partial charge is 0.493 e. The highest BCUT2D eigenvalue weighted by atomic mass is 16.7. The topological polar surface area (TPSA) is 224 Å². The number of esters is 3. The third-order valence-electron chi connectivity index (χ3n) is 6.05. The van der Waals surface area contributed by atoms with Crippen molar-refractivity contribution in [3.63, 3.8) is 0 Å². The normalized spacial score (nSPS) is 20.3. The Morgan fingerprint density at radius 2 is 1.45 bits per heavy atom. The van der Waals surface area contributed by atoms with Crippen LogP contribution in [0.2, 0.25) is 0 Å². The van der Waals surface area contributed by atoms with Crippen LogP contribution < -0.4 is 0 Å². The molecule has 42 heavy (non-hydrogen) atoms. The fourth-order valence-corrected chi connectivity index (χ4v) is 4.43. The summed E-state index contributed by atoms with van der Waals surface area (Å²) in [4.78, 5) is 57.0. The molecule has 1 N–H and O–H groups in total. The molecule has 0 spiro atoms. The van der Waals surface area contributed by atoms with Gasteiger partial charge < -0.3 is 24.1 Å². The summed E-state index contributed by atoms with van der Waals surface area (Å²) < 4.78 is 22.9. The predicted molar refractivity (Wildman–Crippen MR) is 139 cm³/mol. The Morgan fingerprint density at radius 3 is 2.02 bits per heavy atom. The number of nitro groups is 2. The van der Waals surface area contributed by atoms with Gasteiger partial charge in [0.1, 0.15) is 0 Å². The molecule has 17 nitrogen and oxygen atoms in total. The predicted octanol–water partition coefficient (Wildman–Crippen LogP) is 3.90. The van der Waals surface area contributed by atoms with Gasteiger partial charge in [0.05, 0.1) is 27.7 Å². The molecular weight excluding hydrogens is 562 g/mol. The number of hydrogen-bond acceptors (Lipinski definition) is 14. The molecule has 4 rings (SSSR count). The molecule has 0 bridgehead atoms. The number of aromatic nitrogens is 1. The SMILES string of the molecule is CC(=O)OC1COC(n2c(O)c(N=Nc3ccc([N+](=O)[O-])cc3)c3ccc([N+](=O)[O-])cc32)C(OC(C)=O)C1OC(C)=O. The molecular formula is C25H23N5O12. The van der Waals surface area contributed by atoms with E-state index in [0.29, 0.717) is 0 Å². The van der Waals surface area contributed by atoms with Gasteiger partial charge >= 0.3 is 17.9 Å². The second kappa shape index (κ2) is 12.0. The van der Waals surface area contributed by atoms with Gasteiger partial charge in [-0.2, -0.15) is 5.11 Å². The minimum atomic E-state index is -1.51. The maximum atomic E-state index is 12.1. The molecule has 17 heteroatoms. The van der Waals surface area contributed by atoms with Crippen LogP contribution in [0.4, 0.5) is 22.7 Å². The van der Waals surface area contributed by atoms with E-state index in [1.165, 1.54) is 36.4 Å². The molecule has 0 radical (unpaired) electrons. The van der Waals surface area contributed by atoms with Crippen LogP contribution >= 0.6 is 0 Å². The lowest BCUT2D eigenvalue weighted by molar-refractivity contribution is -0.385. The van der Waals surface area contributed by atoms with Crippen LogP contribution in [-0.4, -0.2) is 62.3 Å². The van der Waals surface area contributed by atoms with Gasteiger partial charge in [0.25, 0.3) is 11.4 Å². The summed E-state index contributed by atoms with van der Waals surface area (Å²) in [6, 6.07) is 8.64. The number of carbonyl (C=O) groups excluding carboxylic acids is 3. The average molecular weight is 585 g/mol. The summed E-state index contributed by atoms with van der Waals surface area (Å²) >= 11 is 0. The van der Waals surface area contributed by atoms with Crippen LogP contribution in [0.25, 0.3) is 10.9 Å². The van der Waals surface area contributed by atoms with Crippen molar-refractivity contribution in [1.82, 2.24) is 4.57 Å². The van der Waals surface area contributed by atoms with Crippen molar-refractivity contribution >= 4 is 51.6 Å². The van der Waals surface area contributed by atoms with Gasteiger partial charge in [-0.3, -0.25) is 39.2 Å². The first-order valence-electron chi connectivity index (χ1n) is 12.2.